The molecule has 0 atom stereocenters. The van der Waals surface area contributed by atoms with Crippen LogP contribution in [0.5, 0.6) is 11.5 Å². The van der Waals surface area contributed by atoms with Gasteiger partial charge in [-0.25, -0.2) is 0 Å². The van der Waals surface area contributed by atoms with E-state index in [1.165, 1.54) is 0 Å². The highest BCUT2D eigenvalue weighted by Gasteiger charge is 2.20. The molecular formula is C10H12BrNO3. The molecule has 0 unspecified atom stereocenters. The van der Waals surface area contributed by atoms with Crippen LogP contribution >= 0.6 is 15.9 Å². The molecule has 0 aromatic heterocycles. The fourth-order valence-electron chi connectivity index (χ4n) is 1.48. The van der Waals surface area contributed by atoms with Crippen molar-refractivity contribution >= 4 is 15.9 Å². The average molecular weight is 274 g/mol. The molecule has 0 saturated carbocycles. The van der Waals surface area contributed by atoms with Gasteiger partial charge in [-0.05, 0) is 40.0 Å². The number of fused-ring (bicyclic) bond motifs is 1. The predicted molar refractivity (Wildman–Crippen MR) is 58.9 cm³/mol. The Morgan fingerprint density at radius 3 is 3.07 bits per heavy atom. The largest absolute Gasteiger partial charge is 0.454 e. The molecule has 0 spiro atoms. The fourth-order valence-corrected chi connectivity index (χ4v) is 2.04. The summed E-state index contributed by atoms with van der Waals surface area (Å²) in [6.07, 6.45) is 0. The van der Waals surface area contributed by atoms with Crippen molar-refractivity contribution < 1.29 is 14.3 Å². The zero-order valence-corrected chi connectivity index (χ0v) is 10.2. The summed E-state index contributed by atoms with van der Waals surface area (Å²) in [5.74, 6) is 1.56. The van der Waals surface area contributed by atoms with E-state index in [1.54, 1.807) is 7.11 Å². The van der Waals surface area contributed by atoms with E-state index in [-0.39, 0.29) is 6.79 Å². The molecule has 4 nitrogen and oxygen atoms in total. The van der Waals surface area contributed by atoms with Gasteiger partial charge in [0.15, 0.2) is 11.5 Å². The van der Waals surface area contributed by atoms with Crippen LogP contribution in [0.15, 0.2) is 10.5 Å². The van der Waals surface area contributed by atoms with Crippen LogP contribution in [0.4, 0.5) is 0 Å². The Kier molecular flexibility index (Phi) is 3.14. The van der Waals surface area contributed by atoms with Gasteiger partial charge in [0, 0.05) is 6.54 Å². The highest BCUT2D eigenvalue weighted by Crippen LogP contribution is 2.42. The third-order valence-corrected chi connectivity index (χ3v) is 3.32. The lowest BCUT2D eigenvalue weighted by Crippen LogP contribution is -2.11. The molecule has 1 aliphatic heterocycles. The average Bonchev–Trinajstić information content (AvgIpc) is 2.69. The zero-order valence-electron chi connectivity index (χ0n) is 8.59. The van der Waals surface area contributed by atoms with Crippen LogP contribution in [-0.4, -0.2) is 13.9 Å². The Balaban J connectivity index is 2.36. The van der Waals surface area contributed by atoms with Crippen molar-refractivity contribution in [1.29, 1.82) is 0 Å². The van der Waals surface area contributed by atoms with Crippen molar-refractivity contribution in [3.05, 3.63) is 21.7 Å². The minimum Gasteiger partial charge on any atom is -0.454 e. The lowest BCUT2D eigenvalue weighted by molar-refractivity contribution is 0.0865. The number of hydrogen-bond donors (Lipinski definition) is 1. The minimum atomic E-state index is 0.286. The summed E-state index contributed by atoms with van der Waals surface area (Å²) in [4.78, 5) is 4.82. The maximum Gasteiger partial charge on any atom is 0.231 e. The summed E-state index contributed by atoms with van der Waals surface area (Å²) < 4.78 is 11.6. The predicted octanol–water partition coefficient (Wildman–Crippen LogP) is 2.14. The van der Waals surface area contributed by atoms with Crippen molar-refractivity contribution in [2.24, 2.45) is 0 Å². The van der Waals surface area contributed by atoms with E-state index in [9.17, 15) is 0 Å². The molecule has 1 aliphatic rings. The van der Waals surface area contributed by atoms with Gasteiger partial charge < -0.3 is 14.3 Å². The second-order valence-corrected chi connectivity index (χ2v) is 4.03. The maximum absolute atomic E-state index is 5.35. The smallest absolute Gasteiger partial charge is 0.231 e. The first-order chi connectivity index (χ1) is 7.24. The van der Waals surface area contributed by atoms with Crippen LogP contribution in [-0.2, 0) is 11.4 Å². The van der Waals surface area contributed by atoms with Gasteiger partial charge in [-0.15, -0.1) is 0 Å². The number of rotatable bonds is 3. The van der Waals surface area contributed by atoms with Gasteiger partial charge >= 0.3 is 0 Å². The van der Waals surface area contributed by atoms with Gasteiger partial charge in [0.25, 0.3) is 0 Å². The van der Waals surface area contributed by atoms with Gasteiger partial charge in [-0.2, -0.15) is 5.48 Å². The van der Waals surface area contributed by atoms with Gasteiger partial charge in [-0.1, -0.05) is 0 Å². The first kappa shape index (κ1) is 10.7. The molecule has 1 heterocycles. The normalized spacial score (nSPS) is 13.3. The molecule has 2 rings (SSSR count). The Labute approximate surface area is 96.6 Å². The second kappa shape index (κ2) is 4.38. The van der Waals surface area contributed by atoms with E-state index in [1.807, 2.05) is 13.0 Å². The van der Waals surface area contributed by atoms with Gasteiger partial charge in [0.2, 0.25) is 6.79 Å². The van der Waals surface area contributed by atoms with Gasteiger partial charge in [0.1, 0.15) is 0 Å². The third-order valence-electron chi connectivity index (χ3n) is 2.36. The van der Waals surface area contributed by atoms with Crippen LogP contribution in [0.3, 0.4) is 0 Å². The number of hydroxylamine groups is 1. The van der Waals surface area contributed by atoms with Crippen LogP contribution < -0.4 is 15.0 Å². The second-order valence-electron chi connectivity index (χ2n) is 3.23. The quantitative estimate of drug-likeness (QED) is 0.857. The Morgan fingerprint density at radius 1 is 1.53 bits per heavy atom. The molecule has 0 amide bonds. The van der Waals surface area contributed by atoms with Crippen LogP contribution in [0.25, 0.3) is 0 Å². The fraction of sp³-hybridized carbons (Fsp3) is 0.400. The minimum absolute atomic E-state index is 0.286. The first-order valence-electron chi connectivity index (χ1n) is 4.57. The van der Waals surface area contributed by atoms with E-state index in [0.29, 0.717) is 6.54 Å². The standard InChI is InChI=1S/C10H12BrNO3/c1-6-7(4-12-13-2)3-8-10(9(6)11)15-5-14-8/h3,12H,4-5H2,1-2H3. The third kappa shape index (κ3) is 1.95. The van der Waals surface area contributed by atoms with E-state index < -0.39 is 0 Å². The number of nitrogens with one attached hydrogen (secondary N) is 1. The summed E-state index contributed by atoms with van der Waals surface area (Å²) in [5, 5.41) is 0. The van der Waals surface area contributed by atoms with Crippen molar-refractivity contribution in [3.63, 3.8) is 0 Å². The highest BCUT2D eigenvalue weighted by atomic mass is 79.9. The maximum atomic E-state index is 5.35. The molecule has 0 saturated heterocycles. The van der Waals surface area contributed by atoms with Gasteiger partial charge in [-0.3, -0.25) is 0 Å². The first-order valence-corrected chi connectivity index (χ1v) is 5.36. The number of hydrogen-bond acceptors (Lipinski definition) is 4. The Bertz CT molecular complexity index is 381. The van der Waals surface area contributed by atoms with Crippen molar-refractivity contribution in [3.8, 4) is 11.5 Å². The summed E-state index contributed by atoms with van der Waals surface area (Å²) in [5.41, 5.74) is 5.05. The summed E-state index contributed by atoms with van der Waals surface area (Å²) in [6, 6.07) is 1.97. The molecule has 1 aromatic carbocycles. The summed E-state index contributed by atoms with van der Waals surface area (Å²) in [6.45, 7) is 2.95. The molecular weight excluding hydrogens is 262 g/mol. The lowest BCUT2D eigenvalue weighted by atomic mass is 10.1. The number of halogens is 1. The molecule has 0 radical (unpaired) electrons. The van der Waals surface area contributed by atoms with Crippen molar-refractivity contribution in [2.45, 2.75) is 13.5 Å². The molecule has 0 fully saturated rings. The molecule has 1 aromatic rings. The van der Waals surface area contributed by atoms with Crippen LogP contribution in [0.1, 0.15) is 11.1 Å². The summed E-state index contributed by atoms with van der Waals surface area (Å²) >= 11 is 3.50. The van der Waals surface area contributed by atoms with E-state index >= 15 is 0 Å². The topological polar surface area (TPSA) is 39.7 Å². The van der Waals surface area contributed by atoms with Gasteiger partial charge in [0.05, 0.1) is 11.6 Å². The van der Waals surface area contributed by atoms with E-state index in [4.69, 9.17) is 14.3 Å². The van der Waals surface area contributed by atoms with Crippen LogP contribution in [0.2, 0.25) is 0 Å². The Morgan fingerprint density at radius 2 is 2.33 bits per heavy atom. The highest BCUT2D eigenvalue weighted by molar-refractivity contribution is 9.10. The monoisotopic (exact) mass is 273 g/mol. The van der Waals surface area contributed by atoms with Crippen molar-refractivity contribution in [1.82, 2.24) is 5.48 Å². The van der Waals surface area contributed by atoms with E-state index in [0.717, 1.165) is 27.1 Å². The van der Waals surface area contributed by atoms with Crippen LogP contribution in [0, 0.1) is 6.92 Å². The number of ether oxygens (including phenoxy) is 2. The molecule has 15 heavy (non-hydrogen) atoms. The van der Waals surface area contributed by atoms with E-state index in [2.05, 4.69) is 21.4 Å². The lowest BCUT2D eigenvalue weighted by Gasteiger charge is -2.10. The Hall–Kier alpha value is -0.780. The molecule has 0 bridgehead atoms. The zero-order chi connectivity index (χ0) is 10.8. The molecule has 0 aliphatic carbocycles. The SMILES string of the molecule is CONCc1cc2c(c(Br)c1C)OCO2. The van der Waals surface area contributed by atoms with Crippen molar-refractivity contribution in [2.75, 3.05) is 13.9 Å². The molecule has 1 N–H and O–H groups in total. The number of benzene rings is 1. The summed E-state index contributed by atoms with van der Waals surface area (Å²) in [7, 11) is 1.59. The molecule has 5 heteroatoms. The molecule has 82 valence electrons.